The minimum Gasteiger partial charge on any atom is -0.489 e. The zero-order valence-electron chi connectivity index (χ0n) is 11.1. The Morgan fingerprint density at radius 2 is 2.30 bits per heavy atom. The third-order valence-corrected chi connectivity index (χ3v) is 3.44. The number of para-hydroxylation sites is 1. The van der Waals surface area contributed by atoms with Gasteiger partial charge in [0.05, 0.1) is 5.02 Å². The molecule has 0 radical (unpaired) electrons. The third-order valence-electron chi connectivity index (χ3n) is 3.12. The molecule has 0 spiro atoms. The first-order valence-electron chi connectivity index (χ1n) is 6.70. The lowest BCUT2D eigenvalue weighted by Gasteiger charge is -2.16. The molecule has 2 atom stereocenters. The van der Waals surface area contributed by atoms with Crippen molar-refractivity contribution in [2.24, 2.45) is 0 Å². The molecule has 2 rings (SSSR count). The van der Waals surface area contributed by atoms with E-state index in [0.717, 1.165) is 6.42 Å². The molecule has 1 saturated heterocycles. The molecule has 1 aliphatic rings. The van der Waals surface area contributed by atoms with Crippen LogP contribution < -0.4 is 15.4 Å². The lowest BCUT2D eigenvalue weighted by Crippen LogP contribution is -2.40. The van der Waals surface area contributed by atoms with Gasteiger partial charge in [0.2, 0.25) is 5.91 Å². The van der Waals surface area contributed by atoms with Gasteiger partial charge in [-0.15, -0.1) is 0 Å². The topological polar surface area (TPSA) is 70.6 Å². The summed E-state index contributed by atoms with van der Waals surface area (Å²) in [5.41, 5.74) is 0. The molecule has 1 aliphatic heterocycles. The zero-order chi connectivity index (χ0) is 14.4. The summed E-state index contributed by atoms with van der Waals surface area (Å²) in [5, 5.41) is 16.3. The number of benzene rings is 1. The van der Waals surface area contributed by atoms with Gasteiger partial charge in [0.15, 0.2) is 0 Å². The van der Waals surface area contributed by atoms with Crippen molar-refractivity contribution in [2.45, 2.75) is 25.0 Å². The molecule has 20 heavy (non-hydrogen) atoms. The monoisotopic (exact) mass is 298 g/mol. The maximum atomic E-state index is 11.0. The molecule has 0 bridgehead atoms. The number of carbonyl (C=O) groups excluding carboxylic acids is 1. The molecule has 0 aliphatic carbocycles. The van der Waals surface area contributed by atoms with E-state index in [4.69, 9.17) is 16.3 Å². The summed E-state index contributed by atoms with van der Waals surface area (Å²) in [4.78, 5) is 11.0. The second-order valence-corrected chi connectivity index (χ2v) is 5.26. The standard InChI is InChI=1S/C14H19ClN2O3/c15-12-3-1-2-4-13(12)20-9-11(18)8-16-7-10-5-6-14(19)17-10/h1-4,10-11,16,18H,5-9H2,(H,17,19). The van der Waals surface area contributed by atoms with Gasteiger partial charge in [0.1, 0.15) is 18.5 Å². The van der Waals surface area contributed by atoms with Crippen LogP contribution in [-0.2, 0) is 4.79 Å². The minimum absolute atomic E-state index is 0.0967. The van der Waals surface area contributed by atoms with Crippen molar-refractivity contribution in [3.63, 3.8) is 0 Å². The van der Waals surface area contributed by atoms with Crippen LogP contribution in [0, 0.1) is 0 Å². The maximum Gasteiger partial charge on any atom is 0.220 e. The summed E-state index contributed by atoms with van der Waals surface area (Å²) in [6.45, 7) is 1.25. The summed E-state index contributed by atoms with van der Waals surface area (Å²) in [7, 11) is 0. The van der Waals surface area contributed by atoms with Gasteiger partial charge in [-0.2, -0.15) is 0 Å². The van der Waals surface area contributed by atoms with Crippen molar-refractivity contribution in [3.8, 4) is 5.75 Å². The van der Waals surface area contributed by atoms with Crippen molar-refractivity contribution in [3.05, 3.63) is 29.3 Å². The highest BCUT2D eigenvalue weighted by Crippen LogP contribution is 2.22. The molecule has 110 valence electrons. The van der Waals surface area contributed by atoms with Gasteiger partial charge in [-0.3, -0.25) is 4.79 Å². The number of aliphatic hydroxyl groups excluding tert-OH is 1. The van der Waals surface area contributed by atoms with Crippen LogP contribution in [0.15, 0.2) is 24.3 Å². The maximum absolute atomic E-state index is 11.0. The third kappa shape index (κ3) is 4.67. The van der Waals surface area contributed by atoms with E-state index in [-0.39, 0.29) is 18.6 Å². The molecule has 0 aromatic heterocycles. The molecule has 2 unspecified atom stereocenters. The van der Waals surface area contributed by atoms with Gasteiger partial charge < -0.3 is 20.5 Å². The van der Waals surface area contributed by atoms with E-state index in [9.17, 15) is 9.90 Å². The number of carbonyl (C=O) groups is 1. The number of halogens is 1. The Labute approximate surface area is 123 Å². The van der Waals surface area contributed by atoms with Crippen LogP contribution in [0.3, 0.4) is 0 Å². The summed E-state index contributed by atoms with van der Waals surface area (Å²) >= 11 is 5.95. The number of aliphatic hydroxyl groups is 1. The molecule has 0 saturated carbocycles. The van der Waals surface area contributed by atoms with Crippen molar-refractivity contribution >= 4 is 17.5 Å². The van der Waals surface area contributed by atoms with E-state index in [1.807, 2.05) is 12.1 Å². The van der Waals surface area contributed by atoms with Crippen molar-refractivity contribution < 1.29 is 14.6 Å². The number of hydrogen-bond donors (Lipinski definition) is 3. The molecule has 6 heteroatoms. The van der Waals surface area contributed by atoms with Crippen LogP contribution >= 0.6 is 11.6 Å². The highest BCUT2D eigenvalue weighted by molar-refractivity contribution is 6.32. The van der Waals surface area contributed by atoms with Crippen LogP contribution in [0.5, 0.6) is 5.75 Å². The summed E-state index contributed by atoms with van der Waals surface area (Å²) in [6.07, 6.45) is 0.811. The van der Waals surface area contributed by atoms with Crippen LogP contribution in [-0.4, -0.2) is 42.9 Å². The highest BCUT2D eigenvalue weighted by atomic mass is 35.5. The second-order valence-electron chi connectivity index (χ2n) is 4.86. The first-order chi connectivity index (χ1) is 9.65. The highest BCUT2D eigenvalue weighted by Gasteiger charge is 2.20. The predicted molar refractivity (Wildman–Crippen MR) is 77.0 cm³/mol. The number of ether oxygens (including phenoxy) is 1. The summed E-state index contributed by atoms with van der Waals surface area (Å²) in [5.74, 6) is 0.663. The average Bonchev–Trinajstić information content (AvgIpc) is 2.83. The quantitative estimate of drug-likeness (QED) is 0.701. The van der Waals surface area contributed by atoms with Crippen molar-refractivity contribution in [2.75, 3.05) is 19.7 Å². The van der Waals surface area contributed by atoms with E-state index >= 15 is 0 Å². The van der Waals surface area contributed by atoms with Crippen LogP contribution in [0.25, 0.3) is 0 Å². The minimum atomic E-state index is -0.622. The van der Waals surface area contributed by atoms with Gasteiger partial charge >= 0.3 is 0 Å². The number of nitrogens with one attached hydrogen (secondary N) is 2. The Bertz CT molecular complexity index is 456. The van der Waals surface area contributed by atoms with E-state index in [1.54, 1.807) is 12.1 Å². The predicted octanol–water partition coefficient (Wildman–Crippen LogP) is 0.948. The molecule has 1 fully saturated rings. The fourth-order valence-electron chi connectivity index (χ4n) is 2.06. The fraction of sp³-hybridized carbons (Fsp3) is 0.500. The number of rotatable bonds is 7. The van der Waals surface area contributed by atoms with Crippen molar-refractivity contribution in [1.29, 1.82) is 0 Å². The van der Waals surface area contributed by atoms with Gasteiger partial charge in [-0.25, -0.2) is 0 Å². The largest absolute Gasteiger partial charge is 0.489 e. The Balaban J connectivity index is 1.62. The van der Waals surface area contributed by atoms with Crippen LogP contribution in [0.1, 0.15) is 12.8 Å². The molecular weight excluding hydrogens is 280 g/mol. The molecule has 1 heterocycles. The smallest absolute Gasteiger partial charge is 0.220 e. The average molecular weight is 299 g/mol. The van der Waals surface area contributed by atoms with Crippen LogP contribution in [0.2, 0.25) is 5.02 Å². The Hall–Kier alpha value is -1.30. The molecule has 5 nitrogen and oxygen atoms in total. The lowest BCUT2D eigenvalue weighted by atomic mass is 10.2. The number of hydrogen-bond acceptors (Lipinski definition) is 4. The van der Waals surface area contributed by atoms with E-state index < -0.39 is 6.10 Å². The molecule has 1 aromatic rings. The normalized spacial score (nSPS) is 19.7. The molecule has 3 N–H and O–H groups in total. The Morgan fingerprint density at radius 3 is 3.00 bits per heavy atom. The van der Waals surface area contributed by atoms with Crippen molar-refractivity contribution in [1.82, 2.24) is 10.6 Å². The summed E-state index contributed by atoms with van der Waals surface area (Å²) in [6, 6.07) is 7.32. The molecular formula is C14H19ClN2O3. The Kier molecular flexibility index (Phi) is 5.64. The Morgan fingerprint density at radius 1 is 1.50 bits per heavy atom. The summed E-state index contributed by atoms with van der Waals surface area (Å²) < 4.78 is 5.45. The lowest BCUT2D eigenvalue weighted by molar-refractivity contribution is -0.119. The van der Waals surface area contributed by atoms with Gasteiger partial charge in [-0.05, 0) is 18.6 Å². The molecule has 1 amide bonds. The van der Waals surface area contributed by atoms with Gasteiger partial charge in [-0.1, -0.05) is 23.7 Å². The van der Waals surface area contributed by atoms with Crippen LogP contribution in [0.4, 0.5) is 0 Å². The van der Waals surface area contributed by atoms with E-state index in [2.05, 4.69) is 10.6 Å². The first kappa shape index (κ1) is 15.1. The second kappa shape index (κ2) is 7.47. The van der Waals surface area contributed by atoms with E-state index in [0.29, 0.717) is 30.3 Å². The molecule has 1 aromatic carbocycles. The van der Waals surface area contributed by atoms with Gasteiger partial charge in [0, 0.05) is 25.6 Å². The first-order valence-corrected chi connectivity index (χ1v) is 7.08. The number of amides is 1. The fourth-order valence-corrected chi connectivity index (χ4v) is 2.25. The van der Waals surface area contributed by atoms with Gasteiger partial charge in [0.25, 0.3) is 0 Å². The van der Waals surface area contributed by atoms with E-state index in [1.165, 1.54) is 0 Å². The SMILES string of the molecule is O=C1CCC(CNCC(O)COc2ccccc2Cl)N1. The zero-order valence-corrected chi connectivity index (χ0v) is 11.9.